The molecule has 1 aliphatic carbocycles. The molecule has 0 radical (unpaired) electrons. The lowest BCUT2D eigenvalue weighted by molar-refractivity contribution is 0.333. The molecule has 16 heavy (non-hydrogen) atoms. The number of nitrogens with zero attached hydrogens (tertiary/aromatic N) is 2. The summed E-state index contributed by atoms with van der Waals surface area (Å²) < 4.78 is 0. The van der Waals surface area contributed by atoms with Gasteiger partial charge in [0, 0.05) is 18.1 Å². The van der Waals surface area contributed by atoms with Gasteiger partial charge in [0.05, 0.1) is 5.52 Å². The van der Waals surface area contributed by atoms with E-state index in [1.54, 1.807) is 0 Å². The van der Waals surface area contributed by atoms with E-state index >= 15 is 0 Å². The molecule has 1 aromatic heterocycles. The van der Waals surface area contributed by atoms with Gasteiger partial charge >= 0.3 is 0 Å². The lowest BCUT2D eigenvalue weighted by Crippen LogP contribution is -2.21. The van der Waals surface area contributed by atoms with E-state index in [4.69, 9.17) is 0 Å². The highest BCUT2D eigenvalue weighted by atomic mass is 15.1. The Kier molecular flexibility index (Phi) is 2.44. The van der Waals surface area contributed by atoms with Crippen LogP contribution in [-0.4, -0.2) is 16.5 Å². The van der Waals surface area contributed by atoms with Crippen molar-refractivity contribution in [3.05, 3.63) is 30.5 Å². The number of para-hydroxylation sites is 1. The minimum Gasteiger partial charge on any atom is -0.354 e. The second kappa shape index (κ2) is 4.08. The van der Waals surface area contributed by atoms with Gasteiger partial charge < -0.3 is 5.32 Å². The molecular formula is C13H15N3. The fourth-order valence-corrected chi connectivity index (χ4v) is 1.99. The van der Waals surface area contributed by atoms with Crippen LogP contribution in [0.4, 0.5) is 5.95 Å². The minimum atomic E-state index is 0.755. The molecule has 82 valence electrons. The topological polar surface area (TPSA) is 37.8 Å². The van der Waals surface area contributed by atoms with E-state index in [2.05, 4.69) is 15.3 Å². The van der Waals surface area contributed by atoms with Crippen LogP contribution in [-0.2, 0) is 0 Å². The monoisotopic (exact) mass is 213 g/mol. The van der Waals surface area contributed by atoms with E-state index in [-0.39, 0.29) is 0 Å². The van der Waals surface area contributed by atoms with Crippen molar-refractivity contribution in [1.82, 2.24) is 9.97 Å². The van der Waals surface area contributed by atoms with Gasteiger partial charge in [-0.15, -0.1) is 0 Å². The van der Waals surface area contributed by atoms with Crippen LogP contribution in [0.2, 0.25) is 0 Å². The van der Waals surface area contributed by atoms with Crippen LogP contribution in [0.25, 0.3) is 10.9 Å². The molecule has 3 nitrogen and oxygen atoms in total. The van der Waals surface area contributed by atoms with Crippen molar-refractivity contribution in [2.24, 2.45) is 5.92 Å². The number of fused-ring (bicyclic) bond motifs is 1. The quantitative estimate of drug-likeness (QED) is 0.852. The number of hydrogen-bond donors (Lipinski definition) is 1. The summed E-state index contributed by atoms with van der Waals surface area (Å²) in [5.74, 6) is 1.58. The summed E-state index contributed by atoms with van der Waals surface area (Å²) in [6, 6.07) is 8.06. The maximum Gasteiger partial charge on any atom is 0.223 e. The molecule has 0 saturated heterocycles. The molecule has 0 aliphatic heterocycles. The maximum absolute atomic E-state index is 4.48. The van der Waals surface area contributed by atoms with Gasteiger partial charge in [-0.1, -0.05) is 24.6 Å². The summed E-state index contributed by atoms with van der Waals surface area (Å²) in [4.78, 5) is 8.80. The Balaban J connectivity index is 1.76. The van der Waals surface area contributed by atoms with Gasteiger partial charge in [-0.05, 0) is 24.8 Å². The van der Waals surface area contributed by atoms with Gasteiger partial charge in [-0.25, -0.2) is 9.97 Å². The summed E-state index contributed by atoms with van der Waals surface area (Å²) in [6.07, 6.45) is 5.96. The molecule has 1 aromatic carbocycles. The fraction of sp³-hybridized carbons (Fsp3) is 0.385. The van der Waals surface area contributed by atoms with Crippen molar-refractivity contribution in [3.63, 3.8) is 0 Å². The molecule has 2 aromatic rings. The van der Waals surface area contributed by atoms with E-state index in [9.17, 15) is 0 Å². The summed E-state index contributed by atoms with van der Waals surface area (Å²) in [7, 11) is 0. The summed E-state index contributed by atoms with van der Waals surface area (Å²) in [5, 5.41) is 4.41. The molecule has 1 heterocycles. The molecule has 0 unspecified atom stereocenters. The van der Waals surface area contributed by atoms with Gasteiger partial charge in [-0.2, -0.15) is 0 Å². The Hall–Kier alpha value is -1.64. The van der Waals surface area contributed by atoms with Crippen LogP contribution in [0.1, 0.15) is 19.3 Å². The normalized spacial score (nSPS) is 16.0. The molecule has 1 fully saturated rings. The van der Waals surface area contributed by atoms with Crippen LogP contribution in [0.3, 0.4) is 0 Å². The van der Waals surface area contributed by atoms with Crippen LogP contribution in [0.15, 0.2) is 30.5 Å². The number of aromatic nitrogens is 2. The summed E-state index contributed by atoms with van der Waals surface area (Å²) in [6.45, 7) is 1.01. The largest absolute Gasteiger partial charge is 0.354 e. The SMILES string of the molecule is c1ccc2nc(NCC3CCC3)ncc2c1. The minimum absolute atomic E-state index is 0.755. The Morgan fingerprint density at radius 2 is 2.12 bits per heavy atom. The Morgan fingerprint density at radius 1 is 1.25 bits per heavy atom. The first-order valence-electron chi connectivity index (χ1n) is 5.87. The van der Waals surface area contributed by atoms with E-state index < -0.39 is 0 Å². The highest BCUT2D eigenvalue weighted by molar-refractivity contribution is 5.78. The van der Waals surface area contributed by atoms with Crippen LogP contribution < -0.4 is 5.32 Å². The third-order valence-electron chi connectivity index (χ3n) is 3.26. The summed E-state index contributed by atoms with van der Waals surface area (Å²) in [5.41, 5.74) is 1.01. The molecule has 1 aliphatic rings. The van der Waals surface area contributed by atoms with Crippen molar-refractivity contribution >= 4 is 16.9 Å². The van der Waals surface area contributed by atoms with Gasteiger partial charge in [-0.3, -0.25) is 0 Å². The van der Waals surface area contributed by atoms with Crippen molar-refractivity contribution in [3.8, 4) is 0 Å². The van der Waals surface area contributed by atoms with Gasteiger partial charge in [0.25, 0.3) is 0 Å². The first-order chi connectivity index (χ1) is 7.92. The van der Waals surface area contributed by atoms with Crippen molar-refractivity contribution in [1.29, 1.82) is 0 Å². The van der Waals surface area contributed by atoms with Gasteiger partial charge in [0.1, 0.15) is 0 Å². The van der Waals surface area contributed by atoms with Crippen molar-refractivity contribution in [2.75, 3.05) is 11.9 Å². The molecule has 3 rings (SSSR count). The molecule has 0 spiro atoms. The zero-order valence-electron chi connectivity index (χ0n) is 9.19. The molecule has 1 saturated carbocycles. The number of anilines is 1. The third-order valence-corrected chi connectivity index (χ3v) is 3.26. The smallest absolute Gasteiger partial charge is 0.223 e. The zero-order chi connectivity index (χ0) is 10.8. The zero-order valence-corrected chi connectivity index (χ0v) is 9.19. The maximum atomic E-state index is 4.48. The molecular weight excluding hydrogens is 198 g/mol. The van der Waals surface area contributed by atoms with Crippen molar-refractivity contribution < 1.29 is 0 Å². The van der Waals surface area contributed by atoms with E-state index in [0.717, 1.165) is 29.3 Å². The van der Waals surface area contributed by atoms with Crippen LogP contribution >= 0.6 is 0 Å². The third kappa shape index (κ3) is 1.85. The first-order valence-corrected chi connectivity index (χ1v) is 5.87. The first kappa shape index (κ1) is 9.58. The van der Waals surface area contributed by atoms with E-state index in [1.165, 1.54) is 19.3 Å². The highest BCUT2D eigenvalue weighted by Gasteiger charge is 2.16. The summed E-state index contributed by atoms with van der Waals surface area (Å²) >= 11 is 0. The Labute approximate surface area is 94.9 Å². The second-order valence-electron chi connectivity index (χ2n) is 4.43. The average molecular weight is 213 g/mol. The predicted molar refractivity (Wildman–Crippen MR) is 65.4 cm³/mol. The average Bonchev–Trinajstić information content (AvgIpc) is 2.27. The number of benzene rings is 1. The predicted octanol–water partition coefficient (Wildman–Crippen LogP) is 2.84. The molecule has 0 atom stereocenters. The second-order valence-corrected chi connectivity index (χ2v) is 4.43. The fourth-order valence-electron chi connectivity index (χ4n) is 1.99. The Morgan fingerprint density at radius 3 is 2.94 bits per heavy atom. The van der Waals surface area contributed by atoms with Gasteiger partial charge in [0.15, 0.2) is 0 Å². The molecule has 1 N–H and O–H groups in total. The number of nitrogens with one attached hydrogen (secondary N) is 1. The molecule has 0 bridgehead atoms. The number of rotatable bonds is 3. The van der Waals surface area contributed by atoms with E-state index in [1.807, 2.05) is 30.5 Å². The highest BCUT2D eigenvalue weighted by Crippen LogP contribution is 2.26. The number of hydrogen-bond acceptors (Lipinski definition) is 3. The van der Waals surface area contributed by atoms with Gasteiger partial charge in [0.2, 0.25) is 5.95 Å². The lowest BCUT2D eigenvalue weighted by Gasteiger charge is -2.25. The Bertz CT molecular complexity index is 491. The lowest BCUT2D eigenvalue weighted by atomic mass is 9.85. The molecule has 0 amide bonds. The van der Waals surface area contributed by atoms with E-state index in [0.29, 0.717) is 0 Å². The molecule has 3 heteroatoms. The standard InChI is InChI=1S/C13H15N3/c1-2-7-12-11(6-1)9-15-13(16-12)14-8-10-4-3-5-10/h1-2,6-7,9-10H,3-5,8H2,(H,14,15,16). The van der Waals surface area contributed by atoms with Crippen LogP contribution in [0.5, 0.6) is 0 Å². The van der Waals surface area contributed by atoms with Crippen LogP contribution in [0, 0.1) is 5.92 Å². The van der Waals surface area contributed by atoms with Crippen molar-refractivity contribution in [2.45, 2.75) is 19.3 Å².